The number of allylic oxidation sites excluding steroid dienone is 4. The van der Waals surface area contributed by atoms with Crippen LogP contribution in [-0.4, -0.2) is 0 Å². The monoisotopic (exact) mass is 494 g/mol. The zero-order chi connectivity index (χ0) is 25.1. The molecule has 0 aliphatic heterocycles. The summed E-state index contributed by atoms with van der Waals surface area (Å²) in [6.45, 7) is 4.83. The van der Waals surface area contributed by atoms with Gasteiger partial charge < -0.3 is 0 Å². The fourth-order valence-corrected chi connectivity index (χ4v) is 9.29. The Morgan fingerprint density at radius 3 is 1.64 bits per heavy atom. The van der Waals surface area contributed by atoms with Crippen molar-refractivity contribution in [2.45, 2.75) is 181 Å². The normalized spacial score (nSPS) is 25.7. The van der Waals surface area contributed by atoms with Crippen LogP contribution in [0.15, 0.2) is 23.3 Å². The highest BCUT2D eigenvalue weighted by Gasteiger charge is 2.40. The average Bonchev–Trinajstić information content (AvgIpc) is 2.93. The van der Waals surface area contributed by atoms with Gasteiger partial charge in [0.15, 0.2) is 0 Å². The van der Waals surface area contributed by atoms with Gasteiger partial charge >= 0.3 is 0 Å². The molecule has 0 aromatic carbocycles. The van der Waals surface area contributed by atoms with E-state index in [1.54, 1.807) is 0 Å². The van der Waals surface area contributed by atoms with Gasteiger partial charge in [-0.25, -0.2) is 0 Å². The van der Waals surface area contributed by atoms with Gasteiger partial charge in [0.05, 0.1) is 0 Å². The topological polar surface area (TPSA) is 0 Å². The number of hydrogen-bond acceptors (Lipinski definition) is 0. The Morgan fingerprint density at radius 2 is 1.11 bits per heavy atom. The van der Waals surface area contributed by atoms with Crippen molar-refractivity contribution in [1.29, 1.82) is 0 Å². The molecule has 36 heavy (non-hydrogen) atoms. The van der Waals surface area contributed by atoms with Crippen molar-refractivity contribution in [2.24, 2.45) is 22.7 Å². The van der Waals surface area contributed by atoms with Crippen molar-refractivity contribution in [2.75, 3.05) is 0 Å². The minimum atomic E-state index is 0.496. The Kier molecular flexibility index (Phi) is 11.5. The Morgan fingerprint density at radius 1 is 0.583 bits per heavy atom. The summed E-state index contributed by atoms with van der Waals surface area (Å²) in [6, 6.07) is 0. The molecule has 0 aromatic rings. The molecule has 0 amide bonds. The maximum Gasteiger partial charge on any atom is -0.00473 e. The van der Waals surface area contributed by atoms with Gasteiger partial charge in [-0.2, -0.15) is 0 Å². The lowest BCUT2D eigenvalue weighted by Crippen LogP contribution is -2.31. The number of unbranched alkanes of at least 4 members (excludes halogenated alkanes) is 2. The summed E-state index contributed by atoms with van der Waals surface area (Å²) in [5.74, 6) is 1.81. The van der Waals surface area contributed by atoms with Crippen LogP contribution in [0.1, 0.15) is 181 Å². The highest BCUT2D eigenvalue weighted by atomic mass is 14.4. The molecule has 0 saturated heterocycles. The Balaban J connectivity index is 1.81. The molecular weight excluding hydrogens is 432 g/mol. The number of hydrogen-bond donors (Lipinski definition) is 0. The van der Waals surface area contributed by atoms with Crippen LogP contribution in [0.2, 0.25) is 0 Å². The van der Waals surface area contributed by atoms with E-state index in [0.717, 1.165) is 11.8 Å². The van der Waals surface area contributed by atoms with Crippen molar-refractivity contribution >= 4 is 0 Å². The lowest BCUT2D eigenvalue weighted by atomic mass is 9.60. The molecule has 0 bridgehead atoms. The smallest absolute Gasteiger partial charge is 0.00473 e. The first-order valence-electron chi connectivity index (χ1n) is 17.2. The van der Waals surface area contributed by atoms with E-state index < -0.39 is 0 Å². The van der Waals surface area contributed by atoms with E-state index in [1.165, 1.54) is 167 Å². The maximum absolute atomic E-state index is 2.89. The zero-order valence-electron chi connectivity index (χ0n) is 24.7. The lowest BCUT2D eigenvalue weighted by Gasteiger charge is -2.45. The summed E-state index contributed by atoms with van der Waals surface area (Å²) in [5, 5.41) is 0. The maximum atomic E-state index is 2.89. The summed E-state index contributed by atoms with van der Waals surface area (Å²) in [5.41, 5.74) is 5.00. The summed E-state index contributed by atoms with van der Waals surface area (Å²) in [4.78, 5) is 0. The predicted octanol–water partition coefficient (Wildman–Crippen LogP) is 12.3. The molecule has 4 aliphatic rings. The average molecular weight is 495 g/mol. The van der Waals surface area contributed by atoms with Crippen LogP contribution in [0.5, 0.6) is 0 Å². The van der Waals surface area contributed by atoms with Crippen LogP contribution < -0.4 is 0 Å². The fraction of sp³-hybridized carbons (Fsp3) is 0.889. The predicted molar refractivity (Wildman–Crippen MR) is 159 cm³/mol. The van der Waals surface area contributed by atoms with Crippen LogP contribution in [0.4, 0.5) is 0 Å². The van der Waals surface area contributed by atoms with Gasteiger partial charge in [-0.1, -0.05) is 134 Å². The van der Waals surface area contributed by atoms with Crippen molar-refractivity contribution in [3.05, 3.63) is 23.3 Å². The first kappa shape index (κ1) is 28.5. The first-order valence-corrected chi connectivity index (χ1v) is 17.2. The van der Waals surface area contributed by atoms with Crippen LogP contribution >= 0.6 is 0 Å². The SMILES string of the molecule is CCCCCC1(C(C=CC2(CCC)CCCCC2)=C(C2CCCCC2)C2CCCCC2)CCCCC1. The van der Waals surface area contributed by atoms with E-state index in [4.69, 9.17) is 0 Å². The van der Waals surface area contributed by atoms with E-state index in [2.05, 4.69) is 26.0 Å². The van der Waals surface area contributed by atoms with Crippen LogP contribution in [0.3, 0.4) is 0 Å². The summed E-state index contributed by atoms with van der Waals surface area (Å²) < 4.78 is 0. The minimum Gasteiger partial charge on any atom is -0.0780 e. The second-order valence-electron chi connectivity index (χ2n) is 13.8. The lowest BCUT2D eigenvalue weighted by molar-refractivity contribution is 0.207. The van der Waals surface area contributed by atoms with E-state index in [1.807, 2.05) is 11.1 Å². The van der Waals surface area contributed by atoms with Gasteiger partial charge in [0.2, 0.25) is 0 Å². The molecule has 0 spiro atoms. The molecule has 4 rings (SSSR count). The molecule has 0 nitrogen and oxygen atoms in total. The van der Waals surface area contributed by atoms with Crippen LogP contribution in [-0.2, 0) is 0 Å². The second kappa shape index (κ2) is 14.6. The van der Waals surface area contributed by atoms with Crippen LogP contribution in [0, 0.1) is 22.7 Å². The summed E-state index contributed by atoms with van der Waals surface area (Å²) in [7, 11) is 0. The molecule has 0 heteroatoms. The molecule has 4 aliphatic carbocycles. The largest absolute Gasteiger partial charge is 0.0780 e. The van der Waals surface area contributed by atoms with Gasteiger partial charge in [0, 0.05) is 0 Å². The second-order valence-corrected chi connectivity index (χ2v) is 13.8. The highest BCUT2D eigenvalue weighted by molar-refractivity contribution is 5.37. The van der Waals surface area contributed by atoms with Gasteiger partial charge in [-0.15, -0.1) is 0 Å². The first-order chi connectivity index (χ1) is 17.7. The third-order valence-corrected chi connectivity index (χ3v) is 11.2. The van der Waals surface area contributed by atoms with E-state index >= 15 is 0 Å². The van der Waals surface area contributed by atoms with Gasteiger partial charge in [0.25, 0.3) is 0 Å². The van der Waals surface area contributed by atoms with Crippen molar-refractivity contribution < 1.29 is 0 Å². The third-order valence-electron chi connectivity index (χ3n) is 11.2. The molecular formula is C36H62. The number of rotatable bonds is 11. The van der Waals surface area contributed by atoms with Crippen molar-refractivity contribution in [3.63, 3.8) is 0 Å². The molecule has 4 saturated carbocycles. The van der Waals surface area contributed by atoms with Crippen LogP contribution in [0.25, 0.3) is 0 Å². The molecule has 0 atom stereocenters. The molecule has 4 fully saturated rings. The van der Waals surface area contributed by atoms with E-state index in [-0.39, 0.29) is 0 Å². The molecule has 0 aromatic heterocycles. The minimum absolute atomic E-state index is 0.496. The third kappa shape index (κ3) is 7.32. The molecule has 206 valence electrons. The Hall–Kier alpha value is -0.520. The Labute approximate surface area is 226 Å². The zero-order valence-corrected chi connectivity index (χ0v) is 24.7. The summed E-state index contributed by atoms with van der Waals surface area (Å²) >= 11 is 0. The van der Waals surface area contributed by atoms with Crippen molar-refractivity contribution in [3.8, 4) is 0 Å². The fourth-order valence-electron chi connectivity index (χ4n) is 9.29. The molecule has 0 unspecified atom stereocenters. The quantitative estimate of drug-likeness (QED) is 0.198. The molecule has 0 radical (unpaired) electrons. The molecule has 0 heterocycles. The summed E-state index contributed by atoms with van der Waals surface area (Å²) in [6.07, 6.45) is 43.9. The van der Waals surface area contributed by atoms with E-state index in [0.29, 0.717) is 10.8 Å². The van der Waals surface area contributed by atoms with Gasteiger partial charge in [-0.05, 0) is 92.4 Å². The Bertz CT molecular complexity index is 643. The van der Waals surface area contributed by atoms with Gasteiger partial charge in [-0.3, -0.25) is 0 Å². The standard InChI is InChI=1S/C36H62/c1-3-5-14-27-36(28-17-9-18-29-36)33(23-30-35(24-4-2)25-15-8-16-26-35)34(31-19-10-6-11-20-31)32-21-12-7-13-22-32/h23,30-32H,3-22,24-29H2,1-2H3. The van der Waals surface area contributed by atoms with Crippen molar-refractivity contribution in [1.82, 2.24) is 0 Å². The van der Waals surface area contributed by atoms with Gasteiger partial charge in [0.1, 0.15) is 0 Å². The van der Waals surface area contributed by atoms with E-state index in [9.17, 15) is 0 Å². The highest BCUT2D eigenvalue weighted by Crippen LogP contribution is 2.53. The molecule has 0 N–H and O–H groups in total.